The molecule has 0 saturated heterocycles. The molecule has 0 amide bonds. The monoisotopic (exact) mass is 494 g/mol. The molecule has 4 aromatic rings. The maximum Gasteiger partial charge on any atom is 0.153 e. The molecule has 0 heterocycles. The minimum absolute atomic E-state index is 0.0933. The van der Waals surface area contributed by atoms with Crippen LogP contribution < -0.4 is 0 Å². The molecule has 4 unspecified atom stereocenters. The average Bonchev–Trinajstić information content (AvgIpc) is 2.86. The van der Waals surface area contributed by atoms with Gasteiger partial charge in [-0.2, -0.15) is 0 Å². The van der Waals surface area contributed by atoms with Gasteiger partial charge in [0.05, 0.1) is 24.0 Å². The molecule has 0 radical (unpaired) electrons. The van der Waals surface area contributed by atoms with Crippen molar-refractivity contribution in [3.8, 4) is 0 Å². The first-order chi connectivity index (χ1) is 17.2. The van der Waals surface area contributed by atoms with Crippen LogP contribution in [0.4, 0.5) is 17.6 Å². The second-order valence-corrected chi connectivity index (χ2v) is 8.46. The number of aliphatic hydroxyl groups excluding tert-OH is 2. The summed E-state index contributed by atoms with van der Waals surface area (Å²) in [5.41, 5.74) is 0.625. The summed E-state index contributed by atoms with van der Waals surface area (Å²) in [6.07, 6.45) is -3.14. The SMILES string of the molecule is O=C(C(c1ccc(F)cc1)C(O)c1cccc(F)c1)C(c1ccc(F)cc1)C(O)c1cccc(F)c1. The van der Waals surface area contributed by atoms with E-state index in [1.165, 1.54) is 60.7 Å². The summed E-state index contributed by atoms with van der Waals surface area (Å²) in [6, 6.07) is 19.9. The number of rotatable bonds is 8. The molecule has 184 valence electrons. The normalized spacial score (nSPS) is 14.6. The lowest BCUT2D eigenvalue weighted by molar-refractivity contribution is -0.127. The molecule has 0 saturated carbocycles. The average molecular weight is 494 g/mol. The highest BCUT2D eigenvalue weighted by molar-refractivity contribution is 5.93. The number of carbonyl (C=O) groups is 1. The van der Waals surface area contributed by atoms with Crippen LogP contribution >= 0.6 is 0 Å². The van der Waals surface area contributed by atoms with Crippen LogP contribution in [0.5, 0.6) is 0 Å². The molecular formula is C29H22F4O3. The molecule has 3 nitrogen and oxygen atoms in total. The maximum atomic E-state index is 14.1. The van der Waals surface area contributed by atoms with E-state index in [0.29, 0.717) is 0 Å². The fourth-order valence-corrected chi connectivity index (χ4v) is 4.30. The number of benzene rings is 4. The smallest absolute Gasteiger partial charge is 0.153 e. The van der Waals surface area contributed by atoms with Gasteiger partial charge in [-0.3, -0.25) is 4.79 Å². The van der Waals surface area contributed by atoms with Gasteiger partial charge >= 0.3 is 0 Å². The summed E-state index contributed by atoms with van der Waals surface area (Å²) >= 11 is 0. The van der Waals surface area contributed by atoms with Gasteiger partial charge in [0, 0.05) is 0 Å². The van der Waals surface area contributed by atoms with Gasteiger partial charge < -0.3 is 10.2 Å². The lowest BCUT2D eigenvalue weighted by Crippen LogP contribution is -2.30. The first-order valence-corrected chi connectivity index (χ1v) is 11.2. The fraction of sp³-hybridized carbons (Fsp3) is 0.138. The number of aliphatic hydroxyl groups is 2. The molecule has 4 rings (SSSR count). The lowest BCUT2D eigenvalue weighted by Gasteiger charge is -2.30. The number of carbonyl (C=O) groups excluding carboxylic acids is 1. The summed E-state index contributed by atoms with van der Waals surface area (Å²) in [5, 5.41) is 22.5. The Morgan fingerprint density at radius 3 is 1.19 bits per heavy atom. The van der Waals surface area contributed by atoms with Crippen LogP contribution in [-0.4, -0.2) is 16.0 Å². The summed E-state index contributed by atoms with van der Waals surface area (Å²) in [5.74, 6) is -5.85. The number of Topliss-reactive ketones (excluding diaryl/α,β-unsaturated/α-hetero) is 1. The van der Waals surface area contributed by atoms with Crippen LogP contribution in [0.1, 0.15) is 46.3 Å². The van der Waals surface area contributed by atoms with E-state index in [-0.39, 0.29) is 22.3 Å². The van der Waals surface area contributed by atoms with Gasteiger partial charge in [0.25, 0.3) is 0 Å². The van der Waals surface area contributed by atoms with Crippen LogP contribution in [0.15, 0.2) is 97.1 Å². The minimum Gasteiger partial charge on any atom is -0.387 e. The van der Waals surface area contributed by atoms with Crippen molar-refractivity contribution in [1.29, 1.82) is 0 Å². The molecule has 0 aliphatic rings. The van der Waals surface area contributed by atoms with Crippen molar-refractivity contribution < 1.29 is 32.6 Å². The van der Waals surface area contributed by atoms with E-state index < -0.39 is 53.1 Å². The van der Waals surface area contributed by atoms with Crippen molar-refractivity contribution in [2.45, 2.75) is 24.0 Å². The molecule has 36 heavy (non-hydrogen) atoms. The van der Waals surface area contributed by atoms with Crippen LogP contribution in [0, 0.1) is 23.3 Å². The predicted octanol–water partition coefficient (Wildman–Crippen LogP) is 6.15. The van der Waals surface area contributed by atoms with Gasteiger partial charge in [-0.05, 0) is 70.8 Å². The number of hydrogen-bond acceptors (Lipinski definition) is 3. The molecule has 4 atom stereocenters. The van der Waals surface area contributed by atoms with E-state index in [1.807, 2.05) is 0 Å². The van der Waals surface area contributed by atoms with Crippen LogP contribution in [0.2, 0.25) is 0 Å². The number of halogens is 4. The maximum absolute atomic E-state index is 14.1. The number of ketones is 1. The zero-order valence-electron chi connectivity index (χ0n) is 18.9. The summed E-state index contributed by atoms with van der Waals surface area (Å²) in [6.45, 7) is 0. The highest BCUT2D eigenvalue weighted by Gasteiger charge is 2.39. The Labute approximate surface area is 205 Å². The Morgan fingerprint density at radius 1 is 0.500 bits per heavy atom. The van der Waals surface area contributed by atoms with Crippen molar-refractivity contribution >= 4 is 5.78 Å². The topological polar surface area (TPSA) is 57.5 Å². The molecular weight excluding hydrogens is 472 g/mol. The van der Waals surface area contributed by atoms with Gasteiger partial charge in [0.2, 0.25) is 0 Å². The van der Waals surface area contributed by atoms with E-state index in [2.05, 4.69) is 0 Å². The van der Waals surface area contributed by atoms with Gasteiger partial charge in [-0.15, -0.1) is 0 Å². The first-order valence-electron chi connectivity index (χ1n) is 11.2. The molecule has 0 fully saturated rings. The van der Waals surface area contributed by atoms with Gasteiger partial charge in [0.1, 0.15) is 23.3 Å². The van der Waals surface area contributed by atoms with Crippen molar-refractivity contribution in [2.24, 2.45) is 0 Å². The van der Waals surface area contributed by atoms with Crippen LogP contribution in [-0.2, 0) is 4.79 Å². The molecule has 4 aromatic carbocycles. The zero-order valence-corrected chi connectivity index (χ0v) is 18.9. The molecule has 0 spiro atoms. The Balaban J connectivity index is 1.85. The molecule has 2 N–H and O–H groups in total. The highest BCUT2D eigenvalue weighted by atomic mass is 19.1. The van der Waals surface area contributed by atoms with Crippen molar-refractivity contribution in [2.75, 3.05) is 0 Å². The van der Waals surface area contributed by atoms with Crippen LogP contribution in [0.3, 0.4) is 0 Å². The molecule has 0 aliphatic heterocycles. The van der Waals surface area contributed by atoms with Crippen molar-refractivity contribution in [1.82, 2.24) is 0 Å². The van der Waals surface area contributed by atoms with E-state index in [1.54, 1.807) is 0 Å². The zero-order chi connectivity index (χ0) is 25.8. The van der Waals surface area contributed by atoms with E-state index in [9.17, 15) is 32.6 Å². The molecule has 7 heteroatoms. The van der Waals surface area contributed by atoms with E-state index in [4.69, 9.17) is 0 Å². The van der Waals surface area contributed by atoms with Gasteiger partial charge in [-0.25, -0.2) is 17.6 Å². The second kappa shape index (κ2) is 10.8. The predicted molar refractivity (Wildman–Crippen MR) is 126 cm³/mol. The van der Waals surface area contributed by atoms with Crippen molar-refractivity contribution in [3.63, 3.8) is 0 Å². The lowest BCUT2D eigenvalue weighted by atomic mass is 9.75. The van der Waals surface area contributed by atoms with E-state index in [0.717, 1.165) is 36.4 Å². The number of hydrogen-bond donors (Lipinski definition) is 2. The third-order valence-corrected chi connectivity index (χ3v) is 6.08. The van der Waals surface area contributed by atoms with Crippen LogP contribution in [0.25, 0.3) is 0 Å². The quantitative estimate of drug-likeness (QED) is 0.289. The first kappa shape index (κ1) is 25.3. The van der Waals surface area contributed by atoms with Gasteiger partial charge in [0.15, 0.2) is 5.78 Å². The minimum atomic E-state index is -1.57. The third-order valence-electron chi connectivity index (χ3n) is 6.08. The third kappa shape index (κ3) is 5.53. The Kier molecular flexibility index (Phi) is 7.62. The Bertz CT molecular complexity index is 1240. The summed E-state index contributed by atoms with van der Waals surface area (Å²) in [4.78, 5) is 14.1. The Morgan fingerprint density at radius 2 is 0.861 bits per heavy atom. The standard InChI is InChI=1S/C29H22F4O3/c30-21-11-7-17(8-12-21)25(27(34)19-3-1-5-23(32)15-19)29(36)26(18-9-13-22(31)14-10-18)28(35)20-4-2-6-24(33)16-20/h1-16,25-28,34-35H. The largest absolute Gasteiger partial charge is 0.387 e. The Hall–Kier alpha value is -3.81. The highest BCUT2D eigenvalue weighted by Crippen LogP contribution is 2.41. The molecule has 0 aliphatic carbocycles. The fourth-order valence-electron chi connectivity index (χ4n) is 4.30. The summed E-state index contributed by atoms with van der Waals surface area (Å²) < 4.78 is 55.2. The van der Waals surface area contributed by atoms with E-state index >= 15 is 0 Å². The molecule has 0 bridgehead atoms. The van der Waals surface area contributed by atoms with Crippen molar-refractivity contribution in [3.05, 3.63) is 143 Å². The van der Waals surface area contributed by atoms with Gasteiger partial charge in [-0.1, -0.05) is 48.5 Å². The second-order valence-electron chi connectivity index (χ2n) is 8.46. The molecule has 0 aromatic heterocycles. The summed E-state index contributed by atoms with van der Waals surface area (Å²) in [7, 11) is 0.